The summed E-state index contributed by atoms with van der Waals surface area (Å²) in [4.78, 5) is 18.4. The van der Waals surface area contributed by atoms with E-state index in [-0.39, 0.29) is 34.3 Å². The van der Waals surface area contributed by atoms with Gasteiger partial charge in [0.2, 0.25) is 10.0 Å². The van der Waals surface area contributed by atoms with Crippen molar-refractivity contribution in [1.82, 2.24) is 29.7 Å². The van der Waals surface area contributed by atoms with Crippen LogP contribution < -0.4 is 4.31 Å². The second-order valence-electron chi connectivity index (χ2n) is 9.01. The molecule has 0 N–H and O–H groups in total. The summed E-state index contributed by atoms with van der Waals surface area (Å²) >= 11 is 5.97. The average Bonchev–Trinajstić information content (AvgIpc) is 3.56. The fourth-order valence-corrected chi connectivity index (χ4v) is 5.67. The van der Waals surface area contributed by atoms with Crippen molar-refractivity contribution in [2.75, 3.05) is 10.1 Å². The molecule has 1 aliphatic heterocycles. The van der Waals surface area contributed by atoms with Crippen LogP contribution in [-0.2, 0) is 10.0 Å². The minimum absolute atomic E-state index is 0.127. The number of hydrogen-bond donors (Lipinski definition) is 0. The van der Waals surface area contributed by atoms with Crippen molar-refractivity contribution in [2.24, 2.45) is 0 Å². The summed E-state index contributed by atoms with van der Waals surface area (Å²) in [6, 6.07) is 4.65. The van der Waals surface area contributed by atoms with Gasteiger partial charge in [-0.25, -0.2) is 37.0 Å². The first-order valence-electron chi connectivity index (χ1n) is 11.5. The number of fused-ring (bicyclic) bond motifs is 1. The van der Waals surface area contributed by atoms with E-state index in [1.165, 1.54) is 16.6 Å². The van der Waals surface area contributed by atoms with Crippen LogP contribution in [0.15, 0.2) is 36.8 Å². The molecule has 9 nitrogen and oxygen atoms in total. The monoisotopic (exact) mass is 525 g/mol. The quantitative estimate of drug-likeness (QED) is 0.383. The Labute approximate surface area is 211 Å². The van der Waals surface area contributed by atoms with Crippen molar-refractivity contribution < 1.29 is 12.8 Å². The van der Waals surface area contributed by atoms with Gasteiger partial charge in [-0.05, 0) is 51.3 Å². The molecule has 0 bridgehead atoms. The lowest BCUT2D eigenvalue weighted by molar-refractivity contribution is 0.594. The third-order valence-electron chi connectivity index (χ3n) is 6.38. The average molecular weight is 526 g/mol. The molecule has 0 atom stereocenters. The third kappa shape index (κ3) is 4.01. The fraction of sp³-hybridized carbons (Fsp3) is 0.292. The van der Waals surface area contributed by atoms with E-state index >= 15 is 0 Å². The maximum Gasteiger partial charge on any atom is 0.239 e. The second kappa shape index (κ2) is 8.31. The Morgan fingerprint density at radius 3 is 2.61 bits per heavy atom. The lowest BCUT2D eigenvalue weighted by atomic mass is 10.1. The summed E-state index contributed by atoms with van der Waals surface area (Å²) in [5.74, 6) is -0.417. The molecule has 0 unspecified atom stereocenters. The summed E-state index contributed by atoms with van der Waals surface area (Å²) in [7, 11) is -3.59. The van der Waals surface area contributed by atoms with Gasteiger partial charge in [0.15, 0.2) is 11.5 Å². The molecule has 4 aromatic rings. The normalized spacial score (nSPS) is 17.4. The molecule has 1 aromatic carbocycles. The molecule has 4 heterocycles. The Hall–Kier alpha value is -3.44. The highest BCUT2D eigenvalue weighted by atomic mass is 35.5. The predicted molar refractivity (Wildman–Crippen MR) is 134 cm³/mol. The van der Waals surface area contributed by atoms with Gasteiger partial charge in [-0.1, -0.05) is 11.6 Å². The van der Waals surface area contributed by atoms with E-state index in [2.05, 4.69) is 25.0 Å². The summed E-state index contributed by atoms with van der Waals surface area (Å²) in [6.07, 6.45) is 7.06. The maximum absolute atomic E-state index is 15.0. The number of allylic oxidation sites excluding steroid dienone is 1. The van der Waals surface area contributed by atoms with Crippen LogP contribution in [0.4, 0.5) is 10.1 Å². The zero-order valence-corrected chi connectivity index (χ0v) is 21.1. The molecular weight excluding hydrogens is 505 g/mol. The van der Waals surface area contributed by atoms with Gasteiger partial charge in [0, 0.05) is 28.6 Å². The van der Waals surface area contributed by atoms with Crippen LogP contribution >= 0.6 is 11.6 Å². The van der Waals surface area contributed by atoms with Gasteiger partial charge in [0.1, 0.15) is 17.0 Å². The number of halogens is 2. The summed E-state index contributed by atoms with van der Waals surface area (Å²) in [5, 5.41) is 4.59. The smallest absolute Gasteiger partial charge is 0.239 e. The molecule has 184 valence electrons. The molecule has 0 radical (unpaired) electrons. The Morgan fingerprint density at radius 1 is 1.08 bits per heavy atom. The highest BCUT2D eigenvalue weighted by Gasteiger charge is 2.31. The van der Waals surface area contributed by atoms with Gasteiger partial charge in [-0.2, -0.15) is 5.10 Å². The maximum atomic E-state index is 15.0. The summed E-state index contributed by atoms with van der Waals surface area (Å²) in [5.41, 5.74) is 3.53. The van der Waals surface area contributed by atoms with E-state index < -0.39 is 15.8 Å². The van der Waals surface area contributed by atoms with E-state index in [9.17, 15) is 12.8 Å². The van der Waals surface area contributed by atoms with Crippen molar-refractivity contribution in [3.05, 3.63) is 64.8 Å². The van der Waals surface area contributed by atoms with Crippen LogP contribution in [0.1, 0.15) is 42.5 Å². The van der Waals surface area contributed by atoms with Crippen molar-refractivity contribution in [3.63, 3.8) is 0 Å². The summed E-state index contributed by atoms with van der Waals surface area (Å²) in [6.45, 7) is 3.63. The molecule has 1 aliphatic carbocycles. The third-order valence-corrected chi connectivity index (χ3v) is 8.25. The second-order valence-corrected chi connectivity index (χ2v) is 11.4. The molecule has 0 saturated heterocycles. The summed E-state index contributed by atoms with van der Waals surface area (Å²) < 4.78 is 43.9. The molecule has 0 spiro atoms. The van der Waals surface area contributed by atoms with E-state index in [1.54, 1.807) is 29.2 Å². The lowest BCUT2D eigenvalue weighted by Gasteiger charge is -2.25. The Balaban J connectivity index is 1.52. The van der Waals surface area contributed by atoms with E-state index in [4.69, 9.17) is 11.6 Å². The first-order valence-corrected chi connectivity index (χ1v) is 13.4. The van der Waals surface area contributed by atoms with Crippen molar-refractivity contribution in [3.8, 4) is 11.3 Å². The fourth-order valence-electron chi connectivity index (χ4n) is 4.13. The molecule has 3 aromatic heterocycles. The SMILES string of the molecule is Cc1nc2nc(C3=CN(c4cnn(C5CC5)c4)S(=O)(=O)CC3)nc(-c3ccc(Cl)cc3F)c2nc1C. The van der Waals surface area contributed by atoms with Crippen LogP contribution in [0.3, 0.4) is 0 Å². The molecule has 12 heteroatoms. The topological polar surface area (TPSA) is 107 Å². The standard InChI is InChI=1S/C24H21ClFN7O2S/c1-13-14(2)29-24-22(28-13)21(19-6-3-16(25)9-20(19)26)30-23(31-24)15-7-8-36(34,35)33(11-15)18-10-27-32(12-18)17-4-5-17/h3,6,9-12,17H,4-5,7-8H2,1-2H3. The number of anilines is 1. The van der Waals surface area contributed by atoms with Gasteiger partial charge in [-0.15, -0.1) is 0 Å². The molecule has 1 fully saturated rings. The predicted octanol–water partition coefficient (Wildman–Crippen LogP) is 4.61. The van der Waals surface area contributed by atoms with Gasteiger partial charge >= 0.3 is 0 Å². The highest BCUT2D eigenvalue weighted by molar-refractivity contribution is 7.93. The van der Waals surface area contributed by atoms with E-state index in [0.717, 1.165) is 12.8 Å². The molecule has 0 amide bonds. The number of nitrogens with zero attached hydrogens (tertiary/aromatic N) is 7. The number of benzene rings is 1. The van der Waals surface area contributed by atoms with Crippen LogP contribution in [0, 0.1) is 19.7 Å². The lowest BCUT2D eigenvalue weighted by Crippen LogP contribution is -2.32. The highest BCUT2D eigenvalue weighted by Crippen LogP contribution is 2.37. The number of hydrogen-bond acceptors (Lipinski definition) is 7. The Bertz CT molecular complexity index is 1680. The van der Waals surface area contributed by atoms with Gasteiger partial charge in [-0.3, -0.25) is 4.68 Å². The Morgan fingerprint density at radius 2 is 1.86 bits per heavy atom. The first-order chi connectivity index (χ1) is 17.2. The van der Waals surface area contributed by atoms with Crippen LogP contribution in [0.5, 0.6) is 0 Å². The van der Waals surface area contributed by atoms with Crippen molar-refractivity contribution in [1.29, 1.82) is 0 Å². The van der Waals surface area contributed by atoms with Gasteiger partial charge in [0.05, 0.1) is 35.1 Å². The molecule has 36 heavy (non-hydrogen) atoms. The molecule has 1 saturated carbocycles. The van der Waals surface area contributed by atoms with Gasteiger partial charge < -0.3 is 0 Å². The van der Waals surface area contributed by atoms with Crippen molar-refractivity contribution in [2.45, 2.75) is 39.2 Å². The van der Waals surface area contributed by atoms with Crippen molar-refractivity contribution >= 4 is 44.0 Å². The van der Waals surface area contributed by atoms with Crippen LogP contribution in [0.25, 0.3) is 28.0 Å². The zero-order chi connectivity index (χ0) is 25.2. The van der Waals surface area contributed by atoms with Gasteiger partial charge in [0.25, 0.3) is 0 Å². The molecule has 6 rings (SSSR count). The van der Waals surface area contributed by atoms with E-state index in [0.29, 0.717) is 39.9 Å². The minimum atomic E-state index is -3.59. The Kier molecular flexibility index (Phi) is 5.31. The van der Waals surface area contributed by atoms with Crippen LogP contribution in [-0.4, -0.2) is 43.9 Å². The largest absolute Gasteiger partial charge is 0.267 e. The molecular formula is C24H21ClFN7O2S. The van der Waals surface area contributed by atoms with E-state index in [1.807, 2.05) is 13.8 Å². The van der Waals surface area contributed by atoms with Crippen LogP contribution in [0.2, 0.25) is 5.02 Å². The zero-order valence-electron chi connectivity index (χ0n) is 19.5. The first kappa shape index (κ1) is 23.0. The number of aryl methyl sites for hydroxylation is 2. The number of sulfonamides is 1. The minimum Gasteiger partial charge on any atom is -0.267 e. The number of aromatic nitrogens is 6. The number of rotatable bonds is 4. The molecule has 2 aliphatic rings.